The van der Waals surface area contributed by atoms with Crippen LogP contribution in [0.2, 0.25) is 5.02 Å². The summed E-state index contributed by atoms with van der Waals surface area (Å²) >= 11 is 5.95. The van der Waals surface area contributed by atoms with Crippen molar-refractivity contribution >= 4 is 28.9 Å². The molecule has 21 heavy (non-hydrogen) atoms. The maximum atomic E-state index is 13.4. The van der Waals surface area contributed by atoms with Crippen molar-refractivity contribution in [2.75, 3.05) is 17.2 Å². The minimum Gasteiger partial charge on any atom is -0.371 e. The Morgan fingerprint density at radius 3 is 2.43 bits per heavy atom. The summed E-state index contributed by atoms with van der Waals surface area (Å²) < 4.78 is 26.8. The Hall–Kier alpha value is -2.14. The van der Waals surface area contributed by atoms with Gasteiger partial charge in [0.15, 0.2) is 0 Å². The number of nitrogens with one attached hydrogen (secondary N) is 2. The molecule has 0 heterocycles. The first-order valence-corrected chi connectivity index (χ1v) is 6.59. The molecule has 2 N–H and O–H groups in total. The lowest BCUT2D eigenvalue weighted by molar-refractivity contribution is -0.114. The molecule has 0 aliphatic rings. The Labute approximate surface area is 125 Å². The van der Waals surface area contributed by atoms with Gasteiger partial charge < -0.3 is 10.6 Å². The molecule has 110 valence electrons. The third kappa shape index (κ3) is 3.70. The van der Waals surface area contributed by atoms with E-state index in [2.05, 4.69) is 10.6 Å². The number of halogens is 3. The van der Waals surface area contributed by atoms with Crippen molar-refractivity contribution in [2.24, 2.45) is 0 Å². The van der Waals surface area contributed by atoms with Gasteiger partial charge in [-0.05, 0) is 36.8 Å². The van der Waals surface area contributed by atoms with E-state index in [1.165, 1.54) is 6.07 Å². The van der Waals surface area contributed by atoms with Crippen LogP contribution < -0.4 is 10.6 Å². The second kappa shape index (κ2) is 6.54. The lowest BCUT2D eigenvalue weighted by Gasteiger charge is -2.11. The number of carbonyl (C=O) groups excluding carboxylic acids is 1. The zero-order valence-corrected chi connectivity index (χ0v) is 12.0. The SMILES string of the molecule is Cc1c(Cl)cccc1NC(=O)CNc1c(F)cccc1F. The van der Waals surface area contributed by atoms with E-state index in [1.807, 2.05) is 0 Å². The Morgan fingerprint density at radius 1 is 1.14 bits per heavy atom. The van der Waals surface area contributed by atoms with Gasteiger partial charge in [-0.1, -0.05) is 23.7 Å². The highest BCUT2D eigenvalue weighted by molar-refractivity contribution is 6.31. The summed E-state index contributed by atoms with van der Waals surface area (Å²) in [4.78, 5) is 11.8. The average molecular weight is 311 g/mol. The summed E-state index contributed by atoms with van der Waals surface area (Å²) in [6, 6.07) is 8.59. The number of hydrogen-bond acceptors (Lipinski definition) is 2. The molecular formula is C15H13ClF2N2O. The fraction of sp³-hybridized carbons (Fsp3) is 0.133. The van der Waals surface area contributed by atoms with Gasteiger partial charge in [-0.15, -0.1) is 0 Å². The van der Waals surface area contributed by atoms with E-state index in [-0.39, 0.29) is 12.2 Å². The van der Waals surface area contributed by atoms with Gasteiger partial charge in [-0.3, -0.25) is 4.79 Å². The Bertz CT molecular complexity index is 656. The largest absolute Gasteiger partial charge is 0.371 e. The standard InChI is InChI=1S/C15H13ClF2N2O/c1-9-10(16)4-2-7-13(9)20-14(21)8-19-15-11(17)5-3-6-12(15)18/h2-7,19H,8H2,1H3,(H,20,21). The van der Waals surface area contributed by atoms with Gasteiger partial charge in [-0.25, -0.2) is 8.78 Å². The van der Waals surface area contributed by atoms with Gasteiger partial charge in [-0.2, -0.15) is 0 Å². The third-order valence-corrected chi connectivity index (χ3v) is 3.34. The summed E-state index contributed by atoms with van der Waals surface area (Å²) in [7, 11) is 0. The average Bonchev–Trinajstić information content (AvgIpc) is 2.43. The molecule has 0 aliphatic heterocycles. The monoisotopic (exact) mass is 310 g/mol. The number of carbonyl (C=O) groups is 1. The summed E-state index contributed by atoms with van der Waals surface area (Å²) in [5, 5.41) is 5.60. The van der Waals surface area contributed by atoms with Crippen molar-refractivity contribution < 1.29 is 13.6 Å². The molecule has 6 heteroatoms. The lowest BCUT2D eigenvalue weighted by Crippen LogP contribution is -2.23. The summed E-state index contributed by atoms with van der Waals surface area (Å²) in [5.41, 5.74) is 0.961. The van der Waals surface area contributed by atoms with Gasteiger partial charge in [0.25, 0.3) is 0 Å². The number of benzene rings is 2. The van der Waals surface area contributed by atoms with Crippen molar-refractivity contribution in [3.05, 3.63) is 58.6 Å². The highest BCUT2D eigenvalue weighted by Crippen LogP contribution is 2.23. The molecule has 2 aromatic rings. The molecule has 0 unspecified atom stereocenters. The predicted octanol–water partition coefficient (Wildman–Crippen LogP) is 3.98. The van der Waals surface area contributed by atoms with Crippen molar-refractivity contribution in [1.82, 2.24) is 0 Å². The van der Waals surface area contributed by atoms with E-state index < -0.39 is 17.5 Å². The van der Waals surface area contributed by atoms with Crippen LogP contribution in [0.1, 0.15) is 5.56 Å². The van der Waals surface area contributed by atoms with E-state index in [4.69, 9.17) is 11.6 Å². The zero-order valence-electron chi connectivity index (χ0n) is 11.2. The number of anilines is 2. The molecule has 0 fully saturated rings. The molecule has 0 atom stereocenters. The minimum atomic E-state index is -0.748. The number of rotatable bonds is 4. The first-order valence-electron chi connectivity index (χ1n) is 6.22. The fourth-order valence-electron chi connectivity index (χ4n) is 1.77. The fourth-order valence-corrected chi connectivity index (χ4v) is 1.95. The molecule has 2 aromatic carbocycles. The van der Waals surface area contributed by atoms with Crippen molar-refractivity contribution in [3.63, 3.8) is 0 Å². The number of hydrogen-bond donors (Lipinski definition) is 2. The van der Waals surface area contributed by atoms with Gasteiger partial charge >= 0.3 is 0 Å². The maximum absolute atomic E-state index is 13.4. The van der Waals surface area contributed by atoms with Crippen molar-refractivity contribution in [2.45, 2.75) is 6.92 Å². The van der Waals surface area contributed by atoms with Crippen LogP contribution in [0.3, 0.4) is 0 Å². The van der Waals surface area contributed by atoms with E-state index in [0.717, 1.165) is 17.7 Å². The Morgan fingerprint density at radius 2 is 1.76 bits per heavy atom. The normalized spacial score (nSPS) is 10.3. The highest BCUT2D eigenvalue weighted by atomic mass is 35.5. The van der Waals surface area contributed by atoms with Gasteiger partial charge in [0, 0.05) is 10.7 Å². The van der Waals surface area contributed by atoms with Crippen LogP contribution in [-0.4, -0.2) is 12.5 Å². The first kappa shape index (κ1) is 15.3. The van der Waals surface area contributed by atoms with Gasteiger partial charge in [0.2, 0.25) is 5.91 Å². The molecule has 0 saturated heterocycles. The molecule has 0 aromatic heterocycles. The van der Waals surface area contributed by atoms with E-state index in [9.17, 15) is 13.6 Å². The Balaban J connectivity index is 2.01. The summed E-state index contributed by atoms with van der Waals surface area (Å²) in [6.07, 6.45) is 0. The van der Waals surface area contributed by atoms with Crippen LogP contribution in [-0.2, 0) is 4.79 Å². The van der Waals surface area contributed by atoms with E-state index in [0.29, 0.717) is 10.7 Å². The van der Waals surface area contributed by atoms with Crippen LogP contribution in [0, 0.1) is 18.6 Å². The summed E-state index contributed by atoms with van der Waals surface area (Å²) in [5.74, 6) is -1.92. The molecule has 0 bridgehead atoms. The quantitative estimate of drug-likeness (QED) is 0.897. The molecule has 3 nitrogen and oxygen atoms in total. The second-order valence-electron chi connectivity index (χ2n) is 4.41. The van der Waals surface area contributed by atoms with Crippen LogP contribution >= 0.6 is 11.6 Å². The highest BCUT2D eigenvalue weighted by Gasteiger charge is 2.11. The molecule has 0 saturated carbocycles. The second-order valence-corrected chi connectivity index (χ2v) is 4.82. The van der Waals surface area contributed by atoms with E-state index >= 15 is 0 Å². The smallest absolute Gasteiger partial charge is 0.243 e. The number of amides is 1. The molecule has 2 rings (SSSR count). The maximum Gasteiger partial charge on any atom is 0.243 e. The Kier molecular flexibility index (Phi) is 4.75. The molecule has 0 radical (unpaired) electrons. The summed E-state index contributed by atoms with van der Waals surface area (Å²) in [6.45, 7) is 1.51. The molecule has 0 spiro atoms. The third-order valence-electron chi connectivity index (χ3n) is 2.93. The van der Waals surface area contributed by atoms with Crippen molar-refractivity contribution in [1.29, 1.82) is 0 Å². The van der Waals surface area contributed by atoms with Gasteiger partial charge in [0.1, 0.15) is 17.3 Å². The topological polar surface area (TPSA) is 41.1 Å². The van der Waals surface area contributed by atoms with E-state index in [1.54, 1.807) is 25.1 Å². The predicted molar refractivity (Wildman–Crippen MR) is 79.7 cm³/mol. The van der Waals surface area contributed by atoms with Crippen molar-refractivity contribution in [3.8, 4) is 0 Å². The van der Waals surface area contributed by atoms with Crippen LogP contribution in [0.4, 0.5) is 20.2 Å². The molecule has 0 aliphatic carbocycles. The van der Waals surface area contributed by atoms with Crippen LogP contribution in [0.15, 0.2) is 36.4 Å². The minimum absolute atomic E-state index is 0.260. The van der Waals surface area contributed by atoms with Gasteiger partial charge in [0.05, 0.1) is 6.54 Å². The zero-order chi connectivity index (χ0) is 15.4. The lowest BCUT2D eigenvalue weighted by atomic mass is 10.2. The van der Waals surface area contributed by atoms with Crippen LogP contribution in [0.5, 0.6) is 0 Å². The molecular weight excluding hydrogens is 298 g/mol. The number of para-hydroxylation sites is 1. The van der Waals surface area contributed by atoms with Crippen LogP contribution in [0.25, 0.3) is 0 Å². The molecule has 1 amide bonds. The first-order chi connectivity index (χ1) is 9.99.